The minimum atomic E-state index is -0.201. The molecule has 0 aromatic heterocycles. The van der Waals surface area contributed by atoms with Crippen molar-refractivity contribution in [1.29, 1.82) is 0 Å². The van der Waals surface area contributed by atoms with Crippen LogP contribution in [0.15, 0.2) is 18.2 Å². The van der Waals surface area contributed by atoms with Crippen LogP contribution >= 0.6 is 11.6 Å². The third-order valence-corrected chi connectivity index (χ3v) is 3.43. The van der Waals surface area contributed by atoms with Gasteiger partial charge in [-0.2, -0.15) is 0 Å². The fraction of sp³-hybridized carbons (Fsp3) is 0.600. The lowest BCUT2D eigenvalue weighted by atomic mass is 9.82. The van der Waals surface area contributed by atoms with Crippen LogP contribution in [0.4, 0.5) is 4.39 Å². The summed E-state index contributed by atoms with van der Waals surface area (Å²) < 4.78 is 13.7. The van der Waals surface area contributed by atoms with Gasteiger partial charge < -0.3 is 5.32 Å². The highest BCUT2D eigenvalue weighted by atomic mass is 35.5. The van der Waals surface area contributed by atoms with E-state index in [1.807, 2.05) is 0 Å². The Labute approximate surface area is 115 Å². The molecule has 0 aliphatic rings. The second-order valence-electron chi connectivity index (χ2n) is 5.90. The minimum absolute atomic E-state index is 0.0354. The highest BCUT2D eigenvalue weighted by Gasteiger charge is 2.21. The first-order valence-electron chi connectivity index (χ1n) is 6.48. The zero-order chi connectivity index (χ0) is 13.8. The Balaban J connectivity index is 2.64. The van der Waals surface area contributed by atoms with Crippen LogP contribution in [0.3, 0.4) is 0 Å². The van der Waals surface area contributed by atoms with Gasteiger partial charge in [-0.3, -0.25) is 0 Å². The van der Waals surface area contributed by atoms with E-state index in [2.05, 4.69) is 33.0 Å². The maximum absolute atomic E-state index is 13.7. The summed E-state index contributed by atoms with van der Waals surface area (Å²) in [7, 11) is 0. The molecule has 0 bridgehead atoms. The van der Waals surface area contributed by atoms with Gasteiger partial charge in [0.1, 0.15) is 5.82 Å². The number of hydrogen-bond donors (Lipinski definition) is 1. The van der Waals surface area contributed by atoms with Crippen molar-refractivity contribution < 1.29 is 4.39 Å². The molecular weight excluding hydrogens is 249 g/mol. The number of rotatable bonds is 6. The van der Waals surface area contributed by atoms with Gasteiger partial charge in [0.15, 0.2) is 0 Å². The third kappa shape index (κ3) is 4.95. The molecule has 1 nitrogen and oxygen atoms in total. The highest BCUT2D eigenvalue weighted by Crippen LogP contribution is 2.30. The molecule has 0 aliphatic carbocycles. The minimum Gasteiger partial charge on any atom is -0.315 e. The van der Waals surface area contributed by atoms with Crippen LogP contribution in [0.5, 0.6) is 0 Å². The fourth-order valence-corrected chi connectivity index (χ4v) is 2.20. The summed E-state index contributed by atoms with van der Waals surface area (Å²) in [4.78, 5) is 0. The van der Waals surface area contributed by atoms with E-state index in [-0.39, 0.29) is 11.2 Å². The number of hydrogen-bond acceptors (Lipinski definition) is 1. The Morgan fingerprint density at radius 2 is 2.00 bits per heavy atom. The Kier molecular flexibility index (Phi) is 5.61. The Bertz CT molecular complexity index is 368. The molecule has 0 fully saturated rings. The molecule has 0 spiro atoms. The van der Waals surface area contributed by atoms with E-state index in [9.17, 15) is 4.39 Å². The van der Waals surface area contributed by atoms with Crippen molar-refractivity contribution in [2.24, 2.45) is 5.41 Å². The van der Waals surface area contributed by atoms with E-state index in [1.165, 1.54) is 6.07 Å². The lowest BCUT2D eigenvalue weighted by Gasteiger charge is -2.26. The van der Waals surface area contributed by atoms with Crippen molar-refractivity contribution in [3.63, 3.8) is 0 Å². The summed E-state index contributed by atoms with van der Waals surface area (Å²) in [6.45, 7) is 9.49. The number of benzene rings is 1. The molecule has 0 atom stereocenters. The Hall–Kier alpha value is -0.600. The monoisotopic (exact) mass is 271 g/mol. The molecule has 0 radical (unpaired) electrons. The van der Waals surface area contributed by atoms with Crippen molar-refractivity contribution in [1.82, 2.24) is 5.32 Å². The van der Waals surface area contributed by atoms with Gasteiger partial charge in [-0.05, 0) is 36.9 Å². The normalized spacial score (nSPS) is 12.2. The Morgan fingerprint density at radius 1 is 1.33 bits per heavy atom. The average molecular weight is 272 g/mol. The van der Waals surface area contributed by atoms with E-state index < -0.39 is 0 Å². The van der Waals surface area contributed by atoms with Gasteiger partial charge in [0.05, 0.1) is 0 Å². The second-order valence-corrected chi connectivity index (χ2v) is 6.31. The third-order valence-electron chi connectivity index (χ3n) is 3.07. The molecule has 0 saturated heterocycles. The van der Waals surface area contributed by atoms with Crippen LogP contribution in [-0.2, 0) is 6.42 Å². The number of nitrogens with one attached hydrogen (secondary N) is 1. The highest BCUT2D eigenvalue weighted by molar-refractivity contribution is 6.31. The summed E-state index contributed by atoms with van der Waals surface area (Å²) in [5, 5.41) is 3.92. The van der Waals surface area contributed by atoms with Crippen molar-refractivity contribution in [3.8, 4) is 0 Å². The van der Waals surface area contributed by atoms with Crippen molar-refractivity contribution >= 4 is 11.6 Å². The summed E-state index contributed by atoms with van der Waals surface area (Å²) in [6.07, 6.45) is 1.66. The van der Waals surface area contributed by atoms with E-state index in [1.54, 1.807) is 12.1 Å². The zero-order valence-corrected chi connectivity index (χ0v) is 12.4. The van der Waals surface area contributed by atoms with Gasteiger partial charge in [-0.25, -0.2) is 4.39 Å². The van der Waals surface area contributed by atoms with Crippen LogP contribution in [0.25, 0.3) is 0 Å². The van der Waals surface area contributed by atoms with E-state index in [0.29, 0.717) is 23.0 Å². The summed E-state index contributed by atoms with van der Waals surface area (Å²) in [5.74, 6) is -0.201. The van der Waals surface area contributed by atoms with Gasteiger partial charge in [0.25, 0.3) is 0 Å². The zero-order valence-electron chi connectivity index (χ0n) is 11.7. The van der Waals surface area contributed by atoms with E-state index in [0.717, 1.165) is 13.0 Å². The molecule has 0 unspecified atom stereocenters. The topological polar surface area (TPSA) is 12.0 Å². The standard InChI is InChI=1S/C15H23ClFN/c1-11(2)18-9-8-15(3,4)10-12-13(16)6-5-7-14(12)17/h5-7,11,18H,8-10H2,1-4H3. The first-order valence-corrected chi connectivity index (χ1v) is 6.86. The molecule has 0 amide bonds. The molecule has 0 aliphatic heterocycles. The second kappa shape index (κ2) is 6.53. The molecule has 1 aromatic carbocycles. The average Bonchev–Trinajstić information content (AvgIpc) is 2.23. The first-order chi connectivity index (χ1) is 8.32. The Morgan fingerprint density at radius 3 is 2.56 bits per heavy atom. The summed E-state index contributed by atoms with van der Waals surface area (Å²) in [6, 6.07) is 5.36. The SMILES string of the molecule is CC(C)NCCC(C)(C)Cc1c(F)cccc1Cl. The van der Waals surface area contributed by atoms with Crippen LogP contribution in [0, 0.1) is 11.2 Å². The van der Waals surface area contributed by atoms with E-state index >= 15 is 0 Å². The van der Waals surface area contributed by atoms with Crippen LogP contribution in [0.1, 0.15) is 39.7 Å². The van der Waals surface area contributed by atoms with Gasteiger partial charge in [-0.1, -0.05) is 45.4 Å². The summed E-state index contributed by atoms with van der Waals surface area (Å²) in [5.41, 5.74) is 0.669. The molecule has 1 rings (SSSR count). The molecule has 18 heavy (non-hydrogen) atoms. The maximum Gasteiger partial charge on any atom is 0.127 e. The van der Waals surface area contributed by atoms with Gasteiger partial charge in [0.2, 0.25) is 0 Å². The molecule has 0 heterocycles. The van der Waals surface area contributed by atoms with Crippen molar-refractivity contribution in [3.05, 3.63) is 34.6 Å². The van der Waals surface area contributed by atoms with Crippen LogP contribution in [-0.4, -0.2) is 12.6 Å². The first kappa shape index (κ1) is 15.5. The summed E-state index contributed by atoms with van der Waals surface area (Å²) >= 11 is 6.06. The lowest BCUT2D eigenvalue weighted by Crippen LogP contribution is -2.28. The maximum atomic E-state index is 13.7. The smallest absolute Gasteiger partial charge is 0.127 e. The van der Waals surface area contributed by atoms with Crippen LogP contribution < -0.4 is 5.32 Å². The van der Waals surface area contributed by atoms with E-state index in [4.69, 9.17) is 11.6 Å². The molecule has 1 aromatic rings. The van der Waals surface area contributed by atoms with Gasteiger partial charge in [0, 0.05) is 16.6 Å². The number of halogens is 2. The predicted molar refractivity (Wildman–Crippen MR) is 76.7 cm³/mol. The van der Waals surface area contributed by atoms with Crippen molar-refractivity contribution in [2.45, 2.75) is 46.6 Å². The molecular formula is C15H23ClFN. The molecule has 0 saturated carbocycles. The molecule has 102 valence electrons. The lowest BCUT2D eigenvalue weighted by molar-refractivity contribution is 0.316. The largest absolute Gasteiger partial charge is 0.315 e. The molecule has 1 N–H and O–H groups in total. The van der Waals surface area contributed by atoms with Crippen LogP contribution in [0.2, 0.25) is 5.02 Å². The molecule has 3 heteroatoms. The predicted octanol–water partition coefficient (Wildman–Crippen LogP) is 4.44. The van der Waals surface area contributed by atoms with Gasteiger partial charge >= 0.3 is 0 Å². The fourth-order valence-electron chi connectivity index (χ4n) is 1.97. The van der Waals surface area contributed by atoms with Gasteiger partial charge in [-0.15, -0.1) is 0 Å². The quantitative estimate of drug-likeness (QED) is 0.807. The van der Waals surface area contributed by atoms with Crippen molar-refractivity contribution in [2.75, 3.05) is 6.54 Å².